The first-order valence-corrected chi connectivity index (χ1v) is 13.5. The van der Waals surface area contributed by atoms with Gasteiger partial charge in [-0.05, 0) is 101 Å². The molecule has 1 saturated carbocycles. The standard InChI is InChI=1S/C26H38N2O4S/c1-5-32-25(29)24-17-20(16-21-8-6-7-9-23(21)24)14-15-27-18-19-10-12-22(13-11-19)28-33(30,31)26(2,3)4/h6-9,16-17,19,22,27-28H,5,10-15,18H2,1-4H3. The lowest BCUT2D eigenvalue weighted by atomic mass is 9.86. The zero-order valence-electron chi connectivity index (χ0n) is 20.3. The summed E-state index contributed by atoms with van der Waals surface area (Å²) in [5, 5.41) is 5.53. The Morgan fingerprint density at radius 1 is 1.09 bits per heavy atom. The lowest BCUT2D eigenvalue weighted by Crippen LogP contribution is -2.46. The van der Waals surface area contributed by atoms with E-state index in [0.717, 1.165) is 61.5 Å². The van der Waals surface area contributed by atoms with Crippen LogP contribution in [-0.4, -0.2) is 44.9 Å². The van der Waals surface area contributed by atoms with Gasteiger partial charge in [-0.2, -0.15) is 0 Å². The van der Waals surface area contributed by atoms with Crippen LogP contribution < -0.4 is 10.0 Å². The van der Waals surface area contributed by atoms with Gasteiger partial charge >= 0.3 is 5.97 Å². The SMILES string of the molecule is CCOC(=O)c1cc(CCNCC2CCC(NS(=O)(=O)C(C)(C)C)CC2)cc2ccccc12. The molecular formula is C26H38N2O4S. The number of hydrogen-bond donors (Lipinski definition) is 2. The molecule has 0 spiro atoms. The second-order valence-corrected chi connectivity index (χ2v) is 12.5. The summed E-state index contributed by atoms with van der Waals surface area (Å²) in [7, 11) is -3.29. The molecule has 0 atom stereocenters. The molecule has 0 amide bonds. The minimum absolute atomic E-state index is 0.0457. The summed E-state index contributed by atoms with van der Waals surface area (Å²) in [6.45, 7) is 9.14. The third-order valence-corrected chi connectivity index (χ3v) is 8.67. The van der Waals surface area contributed by atoms with Crippen LogP contribution in [-0.2, 0) is 21.2 Å². The molecule has 0 unspecified atom stereocenters. The van der Waals surface area contributed by atoms with Crippen molar-refractivity contribution >= 4 is 26.8 Å². The Kier molecular flexibility index (Phi) is 8.54. The van der Waals surface area contributed by atoms with Gasteiger partial charge in [0.1, 0.15) is 0 Å². The number of hydrogen-bond acceptors (Lipinski definition) is 5. The van der Waals surface area contributed by atoms with Crippen molar-refractivity contribution in [3.05, 3.63) is 47.5 Å². The molecule has 7 heteroatoms. The van der Waals surface area contributed by atoms with E-state index in [2.05, 4.69) is 16.1 Å². The molecule has 0 radical (unpaired) electrons. The Hall–Kier alpha value is -1.96. The van der Waals surface area contributed by atoms with Crippen LogP contribution in [0.3, 0.4) is 0 Å². The molecule has 0 aliphatic heterocycles. The highest BCUT2D eigenvalue weighted by molar-refractivity contribution is 7.90. The first-order valence-electron chi connectivity index (χ1n) is 12.0. The molecule has 3 rings (SSSR count). The lowest BCUT2D eigenvalue weighted by molar-refractivity contribution is 0.0528. The number of ether oxygens (including phenoxy) is 1. The molecule has 1 fully saturated rings. The number of carbonyl (C=O) groups excluding carboxylic acids is 1. The van der Waals surface area contributed by atoms with E-state index in [4.69, 9.17) is 4.74 Å². The van der Waals surface area contributed by atoms with Crippen LogP contribution in [0.5, 0.6) is 0 Å². The average Bonchev–Trinajstić information content (AvgIpc) is 2.76. The van der Waals surface area contributed by atoms with E-state index in [-0.39, 0.29) is 12.0 Å². The first-order chi connectivity index (χ1) is 15.6. The van der Waals surface area contributed by atoms with Crippen molar-refractivity contribution in [2.24, 2.45) is 5.92 Å². The molecule has 2 aromatic carbocycles. The number of esters is 1. The zero-order chi connectivity index (χ0) is 24.1. The maximum atomic E-state index is 12.4. The number of fused-ring (bicyclic) bond motifs is 1. The molecule has 0 heterocycles. The van der Waals surface area contributed by atoms with Crippen molar-refractivity contribution in [2.75, 3.05) is 19.7 Å². The van der Waals surface area contributed by atoms with Gasteiger partial charge in [0.25, 0.3) is 0 Å². The average molecular weight is 475 g/mol. The summed E-state index contributed by atoms with van der Waals surface area (Å²) in [4.78, 5) is 12.4. The van der Waals surface area contributed by atoms with Crippen molar-refractivity contribution in [1.82, 2.24) is 10.0 Å². The molecule has 2 N–H and O–H groups in total. The molecule has 0 saturated heterocycles. The van der Waals surface area contributed by atoms with Gasteiger partial charge in [0.2, 0.25) is 10.0 Å². The van der Waals surface area contributed by atoms with Crippen molar-refractivity contribution in [1.29, 1.82) is 0 Å². The van der Waals surface area contributed by atoms with E-state index in [1.807, 2.05) is 37.3 Å². The van der Waals surface area contributed by atoms with Crippen molar-refractivity contribution in [3.8, 4) is 0 Å². The Labute approximate surface area is 198 Å². The summed E-state index contributed by atoms with van der Waals surface area (Å²) in [5.74, 6) is 0.287. The molecule has 1 aliphatic carbocycles. The normalized spacial score (nSPS) is 19.5. The Balaban J connectivity index is 1.48. The van der Waals surface area contributed by atoms with Crippen LogP contribution in [0.25, 0.3) is 10.8 Å². The number of benzene rings is 2. The summed E-state index contributed by atoms with van der Waals surface area (Å²) in [6.07, 6.45) is 4.64. The molecule has 6 nitrogen and oxygen atoms in total. The Morgan fingerprint density at radius 2 is 1.79 bits per heavy atom. The van der Waals surface area contributed by atoms with Gasteiger partial charge in [0.15, 0.2) is 0 Å². The van der Waals surface area contributed by atoms with E-state index < -0.39 is 14.8 Å². The van der Waals surface area contributed by atoms with E-state index in [1.165, 1.54) is 0 Å². The topological polar surface area (TPSA) is 84.5 Å². The highest BCUT2D eigenvalue weighted by atomic mass is 32.2. The van der Waals surface area contributed by atoms with Gasteiger partial charge in [-0.3, -0.25) is 0 Å². The fourth-order valence-electron chi connectivity index (χ4n) is 4.31. The summed E-state index contributed by atoms with van der Waals surface area (Å²) in [5.41, 5.74) is 1.74. The first kappa shape index (κ1) is 25.7. The van der Waals surface area contributed by atoms with Gasteiger partial charge in [0, 0.05) is 6.04 Å². The number of sulfonamides is 1. The maximum absolute atomic E-state index is 12.4. The van der Waals surface area contributed by atoms with E-state index >= 15 is 0 Å². The van der Waals surface area contributed by atoms with E-state index in [9.17, 15) is 13.2 Å². The smallest absolute Gasteiger partial charge is 0.338 e. The summed E-state index contributed by atoms with van der Waals surface area (Å²) < 4.78 is 32.1. The maximum Gasteiger partial charge on any atom is 0.338 e. The molecular weight excluding hydrogens is 436 g/mol. The molecule has 1 aliphatic rings. The third kappa shape index (κ3) is 6.78. The number of nitrogens with one attached hydrogen (secondary N) is 2. The zero-order valence-corrected chi connectivity index (χ0v) is 21.1. The van der Waals surface area contributed by atoms with Crippen LogP contribution in [0, 0.1) is 5.92 Å². The fraction of sp³-hybridized carbons (Fsp3) is 0.577. The fourth-order valence-corrected chi connectivity index (χ4v) is 5.34. The Bertz CT molecular complexity index is 1050. The van der Waals surface area contributed by atoms with Gasteiger partial charge in [-0.25, -0.2) is 17.9 Å². The molecule has 0 bridgehead atoms. The lowest BCUT2D eigenvalue weighted by Gasteiger charge is -2.31. The molecule has 0 aromatic heterocycles. The predicted molar refractivity (Wildman–Crippen MR) is 134 cm³/mol. The number of carbonyl (C=O) groups is 1. The van der Waals surface area contributed by atoms with Gasteiger partial charge < -0.3 is 10.1 Å². The van der Waals surface area contributed by atoms with Gasteiger partial charge in [-0.15, -0.1) is 0 Å². The molecule has 33 heavy (non-hydrogen) atoms. The van der Waals surface area contributed by atoms with Crippen LogP contribution in [0.1, 0.15) is 69.3 Å². The summed E-state index contributed by atoms with van der Waals surface area (Å²) in [6, 6.07) is 12.1. The van der Waals surface area contributed by atoms with Crippen molar-refractivity contribution < 1.29 is 17.9 Å². The third-order valence-electron chi connectivity index (χ3n) is 6.42. The van der Waals surface area contributed by atoms with Crippen molar-refractivity contribution in [3.63, 3.8) is 0 Å². The van der Waals surface area contributed by atoms with Gasteiger partial charge in [-0.1, -0.05) is 30.3 Å². The second kappa shape index (κ2) is 11.0. The van der Waals surface area contributed by atoms with Gasteiger partial charge in [0.05, 0.1) is 16.9 Å². The molecule has 2 aromatic rings. The van der Waals surface area contributed by atoms with Crippen LogP contribution in [0.4, 0.5) is 0 Å². The largest absolute Gasteiger partial charge is 0.462 e. The second-order valence-electron chi connectivity index (χ2n) is 9.99. The van der Waals surface area contributed by atoms with Crippen LogP contribution in [0.15, 0.2) is 36.4 Å². The van der Waals surface area contributed by atoms with Crippen LogP contribution >= 0.6 is 0 Å². The highest BCUT2D eigenvalue weighted by Crippen LogP contribution is 2.26. The Morgan fingerprint density at radius 3 is 2.45 bits per heavy atom. The quantitative estimate of drug-likeness (QED) is 0.415. The van der Waals surface area contributed by atoms with Crippen molar-refractivity contribution in [2.45, 2.75) is 70.6 Å². The minimum Gasteiger partial charge on any atom is -0.462 e. The van der Waals surface area contributed by atoms with E-state index in [0.29, 0.717) is 18.1 Å². The highest BCUT2D eigenvalue weighted by Gasteiger charge is 2.32. The summed E-state index contributed by atoms with van der Waals surface area (Å²) >= 11 is 0. The molecule has 182 valence electrons. The number of rotatable bonds is 9. The van der Waals surface area contributed by atoms with Crippen LogP contribution in [0.2, 0.25) is 0 Å². The predicted octanol–water partition coefficient (Wildman–Crippen LogP) is 4.43. The van der Waals surface area contributed by atoms with E-state index in [1.54, 1.807) is 20.8 Å². The monoisotopic (exact) mass is 474 g/mol. The minimum atomic E-state index is -3.29.